The molecule has 122 valence electrons. The molecule has 4 aromatic carbocycles. The number of aromatic nitrogens is 2. The summed E-state index contributed by atoms with van der Waals surface area (Å²) in [4.78, 5) is 9.43. The van der Waals surface area contributed by atoms with Crippen molar-refractivity contribution in [3.63, 3.8) is 0 Å². The number of fused-ring (bicyclic) bond motifs is 2. The normalized spacial score (nSPS) is 11.1. The second kappa shape index (κ2) is 6.08. The maximum atomic E-state index is 4.71. The maximum absolute atomic E-state index is 4.71. The highest BCUT2D eigenvalue weighted by molar-refractivity contribution is 6.11. The van der Waals surface area contributed by atoms with Crippen LogP contribution in [0.4, 0.5) is 0 Å². The van der Waals surface area contributed by atoms with E-state index in [2.05, 4.69) is 66.7 Å². The van der Waals surface area contributed by atoms with E-state index in [1.54, 1.807) is 0 Å². The minimum atomic E-state index is 0.762. The lowest BCUT2D eigenvalue weighted by molar-refractivity contribution is 1.19. The van der Waals surface area contributed by atoms with Gasteiger partial charge in [0.25, 0.3) is 0 Å². The Morgan fingerprint density at radius 3 is 1.65 bits per heavy atom. The van der Waals surface area contributed by atoms with Crippen LogP contribution in [-0.2, 0) is 0 Å². The second-order valence-electron chi connectivity index (χ2n) is 6.36. The van der Waals surface area contributed by atoms with Crippen LogP contribution in [-0.4, -0.2) is 9.97 Å². The molecule has 2 heteroatoms. The second-order valence-corrected chi connectivity index (χ2v) is 6.36. The summed E-state index contributed by atoms with van der Waals surface area (Å²) in [6.07, 6.45) is 3.82. The van der Waals surface area contributed by atoms with Crippen LogP contribution in [0, 0.1) is 0 Å². The molecule has 0 saturated heterocycles. The van der Waals surface area contributed by atoms with Gasteiger partial charge in [-0.3, -0.25) is 0 Å². The molecule has 0 radical (unpaired) electrons. The van der Waals surface area contributed by atoms with Crippen molar-refractivity contribution in [1.82, 2.24) is 9.97 Å². The van der Waals surface area contributed by atoms with Crippen LogP contribution in [0.1, 0.15) is 0 Å². The van der Waals surface area contributed by atoms with E-state index in [0.717, 1.165) is 22.5 Å². The van der Waals surface area contributed by atoms with Crippen LogP contribution >= 0.6 is 0 Å². The molecule has 0 saturated carbocycles. The monoisotopic (exact) mass is 332 g/mol. The predicted molar refractivity (Wildman–Crippen MR) is 108 cm³/mol. The Balaban J connectivity index is 1.75. The number of hydrogen-bond acceptors (Lipinski definition) is 2. The molecule has 0 fully saturated rings. The zero-order chi connectivity index (χ0) is 17.3. The largest absolute Gasteiger partial charge is 0.236 e. The highest BCUT2D eigenvalue weighted by Crippen LogP contribution is 2.34. The summed E-state index contributed by atoms with van der Waals surface area (Å²) >= 11 is 0. The predicted octanol–water partition coefficient (Wildman–Crippen LogP) is 6.12. The van der Waals surface area contributed by atoms with Gasteiger partial charge in [0.05, 0.1) is 0 Å². The third-order valence-electron chi connectivity index (χ3n) is 4.75. The van der Waals surface area contributed by atoms with Crippen molar-refractivity contribution in [1.29, 1.82) is 0 Å². The first-order valence-corrected chi connectivity index (χ1v) is 8.68. The summed E-state index contributed by atoms with van der Waals surface area (Å²) in [6.45, 7) is 0. The van der Waals surface area contributed by atoms with Crippen LogP contribution in [0.25, 0.3) is 44.1 Å². The van der Waals surface area contributed by atoms with Gasteiger partial charge < -0.3 is 0 Å². The fourth-order valence-electron chi connectivity index (χ4n) is 3.49. The zero-order valence-corrected chi connectivity index (χ0v) is 14.1. The van der Waals surface area contributed by atoms with E-state index < -0.39 is 0 Å². The Bertz CT molecular complexity index is 1160. The van der Waals surface area contributed by atoms with Crippen molar-refractivity contribution in [2.45, 2.75) is 0 Å². The van der Waals surface area contributed by atoms with Gasteiger partial charge >= 0.3 is 0 Å². The first-order valence-electron chi connectivity index (χ1n) is 8.68. The minimum absolute atomic E-state index is 0.762. The molecule has 0 bridgehead atoms. The number of benzene rings is 4. The van der Waals surface area contributed by atoms with Gasteiger partial charge in [0.1, 0.15) is 0 Å². The number of hydrogen-bond donors (Lipinski definition) is 0. The summed E-state index contributed by atoms with van der Waals surface area (Å²) in [5.41, 5.74) is 3.25. The van der Waals surface area contributed by atoms with E-state index in [0.29, 0.717) is 0 Å². The summed E-state index contributed by atoms with van der Waals surface area (Å²) in [5, 5.41) is 4.77. The van der Waals surface area contributed by atoms with E-state index in [4.69, 9.17) is 9.97 Å². The molecule has 5 aromatic rings. The molecule has 0 aliphatic heterocycles. The fraction of sp³-hybridized carbons (Fsp3) is 0. The Morgan fingerprint density at radius 2 is 1.04 bits per heavy atom. The lowest BCUT2D eigenvalue weighted by atomic mass is 9.96. The average molecular weight is 332 g/mol. The molecule has 0 unspecified atom stereocenters. The Hall–Kier alpha value is -3.52. The molecule has 26 heavy (non-hydrogen) atoms. The maximum Gasteiger partial charge on any atom is 0.160 e. The van der Waals surface area contributed by atoms with Crippen molar-refractivity contribution in [3.8, 4) is 22.5 Å². The summed E-state index contributed by atoms with van der Waals surface area (Å²) in [7, 11) is 0. The molecule has 0 amide bonds. The highest BCUT2D eigenvalue weighted by Gasteiger charge is 2.12. The van der Waals surface area contributed by atoms with E-state index in [-0.39, 0.29) is 0 Å². The van der Waals surface area contributed by atoms with Crippen LogP contribution in [0.2, 0.25) is 0 Å². The van der Waals surface area contributed by atoms with Gasteiger partial charge in [-0.05, 0) is 33.2 Å². The smallest absolute Gasteiger partial charge is 0.160 e. The molecule has 1 heterocycles. The molecule has 2 nitrogen and oxygen atoms in total. The SMILES string of the molecule is c1ccc(-c2cnc(-c3c4ccccc4cc4ccccc34)nc2)cc1. The first kappa shape index (κ1) is 14.8. The van der Waals surface area contributed by atoms with Gasteiger partial charge in [-0.1, -0.05) is 78.9 Å². The highest BCUT2D eigenvalue weighted by atomic mass is 14.9. The lowest BCUT2D eigenvalue weighted by Crippen LogP contribution is -1.92. The van der Waals surface area contributed by atoms with Gasteiger partial charge in [-0.2, -0.15) is 0 Å². The van der Waals surface area contributed by atoms with Gasteiger partial charge in [-0.15, -0.1) is 0 Å². The van der Waals surface area contributed by atoms with Crippen LogP contribution in [0.3, 0.4) is 0 Å². The molecule has 0 spiro atoms. The van der Waals surface area contributed by atoms with E-state index in [1.165, 1.54) is 21.5 Å². The molecule has 1 aromatic heterocycles. The van der Waals surface area contributed by atoms with Crippen molar-refractivity contribution in [2.24, 2.45) is 0 Å². The standard InChI is InChI=1S/C24H16N2/c1-2-8-17(9-3-1)20-15-25-24(26-16-20)23-21-12-6-4-10-18(21)14-19-11-5-7-13-22(19)23/h1-16H. The fourth-order valence-corrected chi connectivity index (χ4v) is 3.49. The third-order valence-corrected chi connectivity index (χ3v) is 4.75. The molecular formula is C24H16N2. The first-order chi connectivity index (χ1) is 12.9. The van der Waals surface area contributed by atoms with Crippen molar-refractivity contribution in [2.75, 3.05) is 0 Å². The van der Waals surface area contributed by atoms with Crippen molar-refractivity contribution < 1.29 is 0 Å². The molecule has 0 N–H and O–H groups in total. The summed E-state index contributed by atoms with van der Waals surface area (Å²) in [6, 6.07) is 29.3. The Labute approximate surface area is 151 Å². The van der Waals surface area contributed by atoms with Crippen molar-refractivity contribution >= 4 is 21.5 Å². The zero-order valence-electron chi connectivity index (χ0n) is 14.1. The van der Waals surface area contributed by atoms with E-state index in [1.807, 2.05) is 30.6 Å². The van der Waals surface area contributed by atoms with Crippen molar-refractivity contribution in [3.05, 3.63) is 97.3 Å². The van der Waals surface area contributed by atoms with Crippen LogP contribution in [0.15, 0.2) is 97.3 Å². The van der Waals surface area contributed by atoms with Gasteiger partial charge in [0, 0.05) is 23.5 Å². The number of nitrogens with zero attached hydrogens (tertiary/aromatic N) is 2. The average Bonchev–Trinajstić information content (AvgIpc) is 2.73. The molecule has 5 rings (SSSR count). The molecular weight excluding hydrogens is 316 g/mol. The lowest BCUT2D eigenvalue weighted by Gasteiger charge is -2.11. The van der Waals surface area contributed by atoms with Gasteiger partial charge in [0.15, 0.2) is 5.82 Å². The topological polar surface area (TPSA) is 25.8 Å². The van der Waals surface area contributed by atoms with E-state index >= 15 is 0 Å². The molecule has 0 atom stereocenters. The summed E-state index contributed by atoms with van der Waals surface area (Å²) in [5.74, 6) is 0.762. The Morgan fingerprint density at radius 1 is 0.500 bits per heavy atom. The molecule has 0 aliphatic carbocycles. The van der Waals surface area contributed by atoms with Crippen LogP contribution in [0.5, 0.6) is 0 Å². The Kier molecular flexibility index (Phi) is 3.46. The molecule has 0 aliphatic rings. The van der Waals surface area contributed by atoms with Crippen LogP contribution < -0.4 is 0 Å². The van der Waals surface area contributed by atoms with Gasteiger partial charge in [0.2, 0.25) is 0 Å². The quantitative estimate of drug-likeness (QED) is 0.364. The third kappa shape index (κ3) is 2.44. The van der Waals surface area contributed by atoms with Gasteiger partial charge in [-0.25, -0.2) is 9.97 Å². The number of rotatable bonds is 2. The van der Waals surface area contributed by atoms with E-state index in [9.17, 15) is 0 Å². The minimum Gasteiger partial charge on any atom is -0.236 e. The summed E-state index contributed by atoms with van der Waals surface area (Å²) < 4.78 is 0.